The number of aromatic nitrogens is 2. The Balaban J connectivity index is 0.00000338. The molecule has 2 aromatic rings. The molecule has 1 atom stereocenters. The Labute approximate surface area is 172 Å². The van der Waals surface area contributed by atoms with Crippen molar-refractivity contribution < 1.29 is 9.52 Å². The summed E-state index contributed by atoms with van der Waals surface area (Å²) in [6.45, 7) is 10.5. The lowest BCUT2D eigenvalue weighted by Crippen LogP contribution is -2.44. The lowest BCUT2D eigenvalue weighted by Gasteiger charge is -2.22. The number of hydrogen-bond acceptors (Lipinski definition) is 4. The van der Waals surface area contributed by atoms with Crippen molar-refractivity contribution in [2.75, 3.05) is 13.1 Å². The molecular weight excluding hydrogens is 445 g/mol. The van der Waals surface area contributed by atoms with Crippen LogP contribution in [0.5, 0.6) is 0 Å². The molecule has 0 saturated carbocycles. The van der Waals surface area contributed by atoms with Crippen LogP contribution in [0.3, 0.4) is 0 Å². The van der Waals surface area contributed by atoms with Crippen molar-refractivity contribution in [1.82, 2.24) is 20.2 Å². The summed E-state index contributed by atoms with van der Waals surface area (Å²) in [5.74, 6) is 2.62. The van der Waals surface area contributed by atoms with Gasteiger partial charge in [0.25, 0.3) is 0 Å². The minimum atomic E-state index is -1.12. The maximum Gasteiger partial charge on any atom is 0.191 e. The van der Waals surface area contributed by atoms with Gasteiger partial charge in [0.05, 0.1) is 12.8 Å². The van der Waals surface area contributed by atoms with Gasteiger partial charge in [-0.25, -0.2) is 9.98 Å². The smallest absolute Gasteiger partial charge is 0.191 e. The van der Waals surface area contributed by atoms with E-state index in [1.807, 2.05) is 13.1 Å². The van der Waals surface area contributed by atoms with E-state index in [1.54, 1.807) is 31.5 Å². The van der Waals surface area contributed by atoms with E-state index in [0.29, 0.717) is 24.2 Å². The zero-order chi connectivity index (χ0) is 18.3. The van der Waals surface area contributed by atoms with Crippen LogP contribution in [-0.4, -0.2) is 33.7 Å². The first kappa shape index (κ1) is 22.5. The number of hydrogen-bond donors (Lipinski definition) is 3. The fourth-order valence-corrected chi connectivity index (χ4v) is 2.47. The Morgan fingerprint density at radius 2 is 2.19 bits per heavy atom. The summed E-state index contributed by atoms with van der Waals surface area (Å²) in [5, 5.41) is 16.9. The Bertz CT molecular complexity index is 665. The van der Waals surface area contributed by atoms with Gasteiger partial charge in [0.2, 0.25) is 0 Å². The second kappa shape index (κ2) is 10.6. The van der Waals surface area contributed by atoms with Crippen molar-refractivity contribution in [3.63, 3.8) is 0 Å². The summed E-state index contributed by atoms with van der Waals surface area (Å²) in [6.07, 6.45) is 5.33. The Kier molecular flexibility index (Phi) is 9.14. The molecule has 2 heterocycles. The molecule has 0 bridgehead atoms. The highest BCUT2D eigenvalue weighted by Crippen LogP contribution is 2.19. The summed E-state index contributed by atoms with van der Waals surface area (Å²) in [5.41, 5.74) is -1.12. The molecule has 26 heavy (non-hydrogen) atoms. The zero-order valence-corrected chi connectivity index (χ0v) is 18.2. The van der Waals surface area contributed by atoms with Gasteiger partial charge in [-0.1, -0.05) is 13.8 Å². The van der Waals surface area contributed by atoms with Crippen molar-refractivity contribution in [2.24, 2.45) is 10.9 Å². The molecule has 0 spiro atoms. The van der Waals surface area contributed by atoms with E-state index < -0.39 is 5.60 Å². The second-order valence-corrected chi connectivity index (χ2v) is 6.69. The first-order valence-electron chi connectivity index (χ1n) is 8.71. The lowest BCUT2D eigenvalue weighted by atomic mass is 10.0. The van der Waals surface area contributed by atoms with E-state index >= 15 is 0 Å². The summed E-state index contributed by atoms with van der Waals surface area (Å²) in [7, 11) is 0. The number of imidazole rings is 1. The number of rotatable bonds is 8. The number of aliphatic hydroxyl groups is 1. The van der Waals surface area contributed by atoms with Gasteiger partial charge in [0.15, 0.2) is 5.96 Å². The van der Waals surface area contributed by atoms with E-state index in [9.17, 15) is 5.11 Å². The largest absolute Gasteiger partial charge is 0.466 e. The Morgan fingerprint density at radius 1 is 1.42 bits per heavy atom. The molecule has 0 aliphatic carbocycles. The van der Waals surface area contributed by atoms with Crippen LogP contribution in [0.15, 0.2) is 40.2 Å². The predicted octanol–water partition coefficient (Wildman–Crippen LogP) is 2.71. The van der Waals surface area contributed by atoms with E-state index in [4.69, 9.17) is 4.42 Å². The van der Waals surface area contributed by atoms with Crippen molar-refractivity contribution in [1.29, 1.82) is 0 Å². The average Bonchev–Trinajstić information content (AvgIpc) is 3.22. The first-order valence-corrected chi connectivity index (χ1v) is 8.71. The molecule has 8 heteroatoms. The number of nitrogens with zero attached hydrogens (tertiary/aromatic N) is 3. The van der Waals surface area contributed by atoms with Crippen LogP contribution in [0.4, 0.5) is 0 Å². The Morgan fingerprint density at radius 3 is 2.81 bits per heavy atom. The van der Waals surface area contributed by atoms with Crippen molar-refractivity contribution in [3.05, 3.63) is 42.4 Å². The monoisotopic (exact) mass is 475 g/mol. The molecule has 0 radical (unpaired) electrons. The molecule has 0 saturated heterocycles. The van der Waals surface area contributed by atoms with Crippen molar-refractivity contribution >= 4 is 29.9 Å². The van der Waals surface area contributed by atoms with Crippen molar-refractivity contribution in [2.45, 2.75) is 46.4 Å². The molecule has 1 unspecified atom stereocenters. The molecule has 3 N–H and O–H groups in total. The van der Waals surface area contributed by atoms with E-state index in [1.165, 1.54) is 0 Å². The highest BCUT2D eigenvalue weighted by molar-refractivity contribution is 14.0. The minimum Gasteiger partial charge on any atom is -0.466 e. The topological polar surface area (TPSA) is 87.6 Å². The van der Waals surface area contributed by atoms with E-state index in [2.05, 4.69) is 39.0 Å². The van der Waals surface area contributed by atoms with Gasteiger partial charge in [0.1, 0.15) is 23.7 Å². The third-order valence-electron chi connectivity index (χ3n) is 3.74. The number of guanidine groups is 1. The quantitative estimate of drug-likeness (QED) is 0.311. The maximum absolute atomic E-state index is 10.5. The van der Waals surface area contributed by atoms with Crippen LogP contribution in [0.2, 0.25) is 0 Å². The lowest BCUT2D eigenvalue weighted by molar-refractivity contribution is 0.0386. The van der Waals surface area contributed by atoms with Crippen LogP contribution in [-0.2, 0) is 18.7 Å². The fourth-order valence-electron chi connectivity index (χ4n) is 2.47. The molecule has 0 aromatic carbocycles. The summed E-state index contributed by atoms with van der Waals surface area (Å²) >= 11 is 0. The van der Waals surface area contributed by atoms with Crippen molar-refractivity contribution in [3.8, 4) is 0 Å². The van der Waals surface area contributed by atoms with Crippen LogP contribution >= 0.6 is 24.0 Å². The van der Waals surface area contributed by atoms with E-state index in [0.717, 1.165) is 18.9 Å². The molecule has 2 aromatic heterocycles. The Hall–Kier alpha value is -1.55. The molecule has 0 fully saturated rings. The van der Waals surface area contributed by atoms with Gasteiger partial charge < -0.3 is 24.7 Å². The average molecular weight is 475 g/mol. The van der Waals surface area contributed by atoms with Gasteiger partial charge in [-0.05, 0) is 31.9 Å². The summed E-state index contributed by atoms with van der Waals surface area (Å²) in [4.78, 5) is 8.96. The van der Waals surface area contributed by atoms with E-state index in [-0.39, 0.29) is 30.5 Å². The van der Waals surface area contributed by atoms with Crippen LogP contribution in [0.1, 0.15) is 39.3 Å². The maximum atomic E-state index is 10.5. The number of halogens is 1. The molecule has 0 aliphatic heterocycles. The van der Waals surface area contributed by atoms with Gasteiger partial charge >= 0.3 is 0 Å². The molecule has 146 valence electrons. The number of nitrogens with one attached hydrogen (secondary N) is 2. The van der Waals surface area contributed by atoms with Gasteiger partial charge in [0, 0.05) is 25.5 Å². The standard InChI is InChI=1S/C18H29N5O2.HI/c1-5-19-17(22-13-18(4,24)15-7-6-10-25-15)21-11-16-20-8-9-23(16)12-14(2)3;/h6-10,14,24H,5,11-13H2,1-4H3,(H2,19,21,22);1H. The predicted molar refractivity (Wildman–Crippen MR) is 114 cm³/mol. The van der Waals surface area contributed by atoms with Crippen LogP contribution in [0.25, 0.3) is 0 Å². The first-order chi connectivity index (χ1) is 11.9. The van der Waals surface area contributed by atoms with Gasteiger partial charge in [-0.2, -0.15) is 0 Å². The highest BCUT2D eigenvalue weighted by Gasteiger charge is 2.26. The number of aliphatic imine (C=N–C) groups is 1. The SMILES string of the molecule is CCNC(=NCc1nccn1CC(C)C)NCC(C)(O)c1ccco1.I. The van der Waals surface area contributed by atoms with Crippen LogP contribution < -0.4 is 10.6 Å². The second-order valence-electron chi connectivity index (χ2n) is 6.69. The highest BCUT2D eigenvalue weighted by atomic mass is 127. The van der Waals surface area contributed by atoms with Gasteiger partial charge in [-0.3, -0.25) is 0 Å². The summed E-state index contributed by atoms with van der Waals surface area (Å²) < 4.78 is 7.42. The minimum absolute atomic E-state index is 0. The van der Waals surface area contributed by atoms with Gasteiger partial charge in [-0.15, -0.1) is 24.0 Å². The zero-order valence-electron chi connectivity index (χ0n) is 15.9. The fraction of sp³-hybridized carbons (Fsp3) is 0.556. The molecular formula is C18H30IN5O2. The summed E-state index contributed by atoms with van der Waals surface area (Å²) in [6, 6.07) is 3.52. The third kappa shape index (κ3) is 6.64. The molecule has 0 aliphatic rings. The number of furan rings is 1. The third-order valence-corrected chi connectivity index (χ3v) is 3.74. The molecule has 7 nitrogen and oxygen atoms in total. The molecule has 2 rings (SSSR count). The normalized spacial score (nSPS) is 14.0. The molecule has 0 amide bonds. The van der Waals surface area contributed by atoms with Crippen LogP contribution in [0, 0.1) is 5.92 Å².